The zero-order valence-corrected chi connectivity index (χ0v) is 14.9. The molecule has 1 N–H and O–H groups in total. The minimum absolute atomic E-state index is 0.0908. The molecule has 0 aliphatic carbocycles. The fourth-order valence-corrected chi connectivity index (χ4v) is 3.47. The maximum Gasteiger partial charge on any atom is 0.339 e. The van der Waals surface area contributed by atoms with Crippen molar-refractivity contribution in [2.24, 2.45) is 5.41 Å². The summed E-state index contributed by atoms with van der Waals surface area (Å²) in [6.07, 6.45) is 1.22. The predicted molar refractivity (Wildman–Crippen MR) is 90.3 cm³/mol. The van der Waals surface area contributed by atoms with Crippen molar-refractivity contribution < 1.29 is 14.3 Å². The number of ether oxygens (including phenoxy) is 1. The van der Waals surface area contributed by atoms with Crippen LogP contribution in [0.15, 0.2) is 24.3 Å². The molecule has 1 aromatic rings. The van der Waals surface area contributed by atoms with Gasteiger partial charge in [-0.15, -0.1) is 0 Å². The number of carbonyl (C=O) groups is 2. The minimum atomic E-state index is -1.17. The Morgan fingerprint density at radius 2 is 1.83 bits per heavy atom. The van der Waals surface area contributed by atoms with E-state index in [1.807, 2.05) is 26.0 Å². The highest BCUT2D eigenvalue weighted by atomic mass is 16.6. The Morgan fingerprint density at radius 3 is 2.43 bits per heavy atom. The van der Waals surface area contributed by atoms with E-state index in [1.54, 1.807) is 19.1 Å². The maximum absolute atomic E-state index is 12.8. The Balaban J connectivity index is 2.18. The second-order valence-corrected chi connectivity index (χ2v) is 8.53. The fourth-order valence-electron chi connectivity index (χ4n) is 3.47. The molecule has 126 valence electrons. The van der Waals surface area contributed by atoms with E-state index >= 15 is 0 Å². The molecule has 1 amide bonds. The summed E-state index contributed by atoms with van der Waals surface area (Å²) in [5, 5.41) is 3.06. The van der Waals surface area contributed by atoms with Crippen molar-refractivity contribution in [2.75, 3.05) is 0 Å². The lowest BCUT2D eigenvalue weighted by atomic mass is 9.81. The molecule has 1 aliphatic heterocycles. The quantitative estimate of drug-likeness (QED) is 0.868. The number of esters is 1. The molecule has 1 atom stereocenters. The van der Waals surface area contributed by atoms with Crippen molar-refractivity contribution in [2.45, 2.75) is 65.5 Å². The molecule has 2 rings (SSSR count). The second kappa shape index (κ2) is 5.66. The molecule has 0 fully saturated rings. The Kier molecular flexibility index (Phi) is 4.31. The van der Waals surface area contributed by atoms with Crippen LogP contribution in [0.4, 0.5) is 0 Å². The molecule has 1 heterocycles. The van der Waals surface area contributed by atoms with Crippen molar-refractivity contribution in [1.29, 1.82) is 0 Å². The van der Waals surface area contributed by atoms with E-state index in [0.29, 0.717) is 12.0 Å². The van der Waals surface area contributed by atoms with Crippen LogP contribution >= 0.6 is 0 Å². The van der Waals surface area contributed by atoms with Crippen LogP contribution in [0.2, 0.25) is 0 Å². The highest BCUT2D eigenvalue weighted by Gasteiger charge is 2.44. The van der Waals surface area contributed by atoms with E-state index in [-0.39, 0.29) is 16.9 Å². The van der Waals surface area contributed by atoms with Gasteiger partial charge in [-0.3, -0.25) is 4.79 Å². The predicted octanol–water partition coefficient (Wildman–Crippen LogP) is 3.49. The first kappa shape index (κ1) is 17.5. The van der Waals surface area contributed by atoms with Crippen LogP contribution in [0.5, 0.6) is 0 Å². The molecule has 0 radical (unpaired) electrons. The Bertz CT molecular complexity index is 628. The van der Waals surface area contributed by atoms with Crippen LogP contribution in [0.25, 0.3) is 0 Å². The molecule has 0 bridgehead atoms. The number of carbonyl (C=O) groups excluding carboxylic acids is 2. The molecule has 0 saturated carbocycles. The number of amides is 1. The van der Waals surface area contributed by atoms with Crippen LogP contribution < -0.4 is 5.32 Å². The molecular formula is C19H27NO3. The summed E-state index contributed by atoms with van der Waals surface area (Å²) in [4.78, 5) is 25.0. The Labute approximate surface area is 138 Å². The standard InChI is InChI=1S/C19H27NO3/c1-17(2,3)12-18(4,5)20-16(22)19(6)11-13-9-7-8-10-14(13)15(21)23-19/h7-10H,11-12H2,1-6H3,(H,20,22). The van der Waals surface area contributed by atoms with Gasteiger partial charge in [-0.2, -0.15) is 0 Å². The number of benzene rings is 1. The molecule has 0 aromatic heterocycles. The maximum atomic E-state index is 12.8. The van der Waals surface area contributed by atoms with Crippen molar-refractivity contribution >= 4 is 11.9 Å². The summed E-state index contributed by atoms with van der Waals surface area (Å²) in [7, 11) is 0. The molecule has 0 saturated heterocycles. The summed E-state index contributed by atoms with van der Waals surface area (Å²) >= 11 is 0. The van der Waals surface area contributed by atoms with Gasteiger partial charge < -0.3 is 10.1 Å². The van der Waals surface area contributed by atoms with Gasteiger partial charge in [-0.1, -0.05) is 39.0 Å². The fraction of sp³-hybridized carbons (Fsp3) is 0.579. The summed E-state index contributed by atoms with van der Waals surface area (Å²) in [6.45, 7) is 12.1. The van der Waals surface area contributed by atoms with E-state index in [4.69, 9.17) is 4.74 Å². The zero-order valence-electron chi connectivity index (χ0n) is 14.9. The van der Waals surface area contributed by atoms with E-state index < -0.39 is 11.6 Å². The van der Waals surface area contributed by atoms with Gasteiger partial charge in [-0.25, -0.2) is 4.79 Å². The van der Waals surface area contributed by atoms with Crippen LogP contribution in [-0.4, -0.2) is 23.0 Å². The first-order valence-corrected chi connectivity index (χ1v) is 8.06. The van der Waals surface area contributed by atoms with Crippen LogP contribution in [0.1, 0.15) is 63.9 Å². The molecule has 1 aromatic carbocycles. The third kappa shape index (κ3) is 4.12. The Morgan fingerprint density at radius 1 is 1.22 bits per heavy atom. The van der Waals surface area contributed by atoms with Crippen LogP contribution in [0, 0.1) is 5.41 Å². The summed E-state index contributed by atoms with van der Waals surface area (Å²) < 4.78 is 5.49. The van der Waals surface area contributed by atoms with Gasteiger partial charge in [0.15, 0.2) is 5.60 Å². The van der Waals surface area contributed by atoms with E-state index in [2.05, 4.69) is 26.1 Å². The first-order chi connectivity index (χ1) is 10.4. The topological polar surface area (TPSA) is 55.4 Å². The van der Waals surface area contributed by atoms with Gasteiger partial charge in [0.1, 0.15) is 0 Å². The van der Waals surface area contributed by atoms with Crippen molar-refractivity contribution in [3.05, 3.63) is 35.4 Å². The van der Waals surface area contributed by atoms with Gasteiger partial charge in [0, 0.05) is 12.0 Å². The van der Waals surface area contributed by atoms with Gasteiger partial charge >= 0.3 is 5.97 Å². The van der Waals surface area contributed by atoms with Crippen LogP contribution in [0.3, 0.4) is 0 Å². The average molecular weight is 317 g/mol. The number of fused-ring (bicyclic) bond motifs is 1. The van der Waals surface area contributed by atoms with Gasteiger partial charge in [0.05, 0.1) is 5.56 Å². The average Bonchev–Trinajstić information content (AvgIpc) is 2.34. The number of rotatable bonds is 3. The zero-order chi connectivity index (χ0) is 17.5. The largest absolute Gasteiger partial charge is 0.445 e. The van der Waals surface area contributed by atoms with Gasteiger partial charge in [-0.05, 0) is 44.2 Å². The monoisotopic (exact) mass is 317 g/mol. The smallest absolute Gasteiger partial charge is 0.339 e. The molecule has 1 aliphatic rings. The third-order valence-electron chi connectivity index (χ3n) is 3.99. The lowest BCUT2D eigenvalue weighted by Crippen LogP contribution is -2.57. The van der Waals surface area contributed by atoms with Crippen LogP contribution in [-0.2, 0) is 16.0 Å². The molecular weight excluding hydrogens is 290 g/mol. The van der Waals surface area contributed by atoms with Gasteiger partial charge in [0.25, 0.3) is 5.91 Å². The normalized spacial score (nSPS) is 21.4. The Hall–Kier alpha value is -1.84. The molecule has 4 heteroatoms. The molecule has 0 spiro atoms. The first-order valence-electron chi connectivity index (χ1n) is 8.06. The SMILES string of the molecule is CC(C)(C)CC(C)(C)NC(=O)C1(C)Cc2ccccc2C(=O)O1. The summed E-state index contributed by atoms with van der Waals surface area (Å²) in [5.74, 6) is -0.673. The van der Waals surface area contributed by atoms with E-state index in [9.17, 15) is 9.59 Å². The lowest BCUT2D eigenvalue weighted by molar-refractivity contribution is -0.141. The molecule has 1 unspecified atom stereocenters. The van der Waals surface area contributed by atoms with E-state index in [0.717, 1.165) is 12.0 Å². The lowest BCUT2D eigenvalue weighted by Gasteiger charge is -2.38. The van der Waals surface area contributed by atoms with Crippen molar-refractivity contribution in [3.8, 4) is 0 Å². The van der Waals surface area contributed by atoms with Gasteiger partial charge in [0.2, 0.25) is 0 Å². The molecule has 4 nitrogen and oxygen atoms in total. The van der Waals surface area contributed by atoms with E-state index in [1.165, 1.54) is 0 Å². The molecule has 23 heavy (non-hydrogen) atoms. The number of cyclic esters (lactones) is 1. The highest BCUT2D eigenvalue weighted by Crippen LogP contribution is 2.31. The van der Waals surface area contributed by atoms with Crippen molar-refractivity contribution in [3.63, 3.8) is 0 Å². The van der Waals surface area contributed by atoms with Crippen molar-refractivity contribution in [1.82, 2.24) is 5.32 Å². The number of hydrogen-bond donors (Lipinski definition) is 1. The minimum Gasteiger partial charge on any atom is -0.445 e. The number of hydrogen-bond acceptors (Lipinski definition) is 3. The summed E-state index contributed by atoms with van der Waals surface area (Å²) in [6, 6.07) is 7.29. The number of nitrogens with one attached hydrogen (secondary N) is 1. The summed E-state index contributed by atoms with van der Waals surface area (Å²) in [5.41, 5.74) is -0.0442. The second-order valence-electron chi connectivity index (χ2n) is 8.53. The highest BCUT2D eigenvalue weighted by molar-refractivity contribution is 5.97. The third-order valence-corrected chi connectivity index (χ3v) is 3.99.